The van der Waals surface area contributed by atoms with Crippen molar-refractivity contribution < 1.29 is 4.79 Å². The zero-order chi connectivity index (χ0) is 13.1. The molecule has 0 atom stereocenters. The van der Waals surface area contributed by atoms with Crippen LogP contribution < -0.4 is 11.1 Å². The summed E-state index contributed by atoms with van der Waals surface area (Å²) >= 11 is 0. The predicted octanol–water partition coefficient (Wildman–Crippen LogP) is 3.14. The van der Waals surface area contributed by atoms with Crippen LogP contribution in [0.1, 0.15) is 21.5 Å². The van der Waals surface area contributed by atoms with Gasteiger partial charge in [-0.15, -0.1) is 0 Å². The molecule has 3 nitrogen and oxygen atoms in total. The van der Waals surface area contributed by atoms with Crippen LogP contribution in [0, 0.1) is 13.8 Å². The molecule has 2 aromatic rings. The Labute approximate surface area is 107 Å². The van der Waals surface area contributed by atoms with Gasteiger partial charge in [0.05, 0.1) is 5.56 Å². The second kappa shape index (κ2) is 4.92. The molecule has 0 radical (unpaired) electrons. The Hall–Kier alpha value is -2.29. The van der Waals surface area contributed by atoms with E-state index in [0.29, 0.717) is 11.3 Å². The fraction of sp³-hybridized carbons (Fsp3) is 0.133. The maximum Gasteiger partial charge on any atom is 0.257 e. The van der Waals surface area contributed by atoms with E-state index < -0.39 is 0 Å². The van der Waals surface area contributed by atoms with Crippen molar-refractivity contribution in [3.05, 3.63) is 59.2 Å². The van der Waals surface area contributed by atoms with Crippen molar-refractivity contribution in [2.45, 2.75) is 13.8 Å². The zero-order valence-electron chi connectivity index (χ0n) is 10.5. The Morgan fingerprint density at radius 1 is 1.00 bits per heavy atom. The minimum absolute atomic E-state index is 0.175. The highest BCUT2D eigenvalue weighted by Gasteiger charge is 2.11. The molecule has 3 heteroatoms. The van der Waals surface area contributed by atoms with Crippen molar-refractivity contribution in [3.8, 4) is 0 Å². The van der Waals surface area contributed by atoms with Crippen LogP contribution in [-0.2, 0) is 0 Å². The largest absolute Gasteiger partial charge is 0.398 e. The van der Waals surface area contributed by atoms with Gasteiger partial charge in [0.1, 0.15) is 0 Å². The van der Waals surface area contributed by atoms with E-state index in [1.54, 1.807) is 6.07 Å². The fourth-order valence-corrected chi connectivity index (χ4v) is 1.78. The number of aryl methyl sites for hydroxylation is 2. The summed E-state index contributed by atoms with van der Waals surface area (Å²) in [6, 6.07) is 13.1. The van der Waals surface area contributed by atoms with Crippen molar-refractivity contribution >= 4 is 17.3 Å². The number of para-hydroxylation sites is 2. The number of rotatable bonds is 2. The minimum atomic E-state index is -0.175. The minimum Gasteiger partial charge on any atom is -0.398 e. The van der Waals surface area contributed by atoms with Crippen molar-refractivity contribution in [2.24, 2.45) is 0 Å². The van der Waals surface area contributed by atoms with Gasteiger partial charge in [0.2, 0.25) is 0 Å². The van der Waals surface area contributed by atoms with E-state index in [4.69, 9.17) is 5.73 Å². The average Bonchev–Trinajstić information content (AvgIpc) is 2.35. The number of nitrogens with two attached hydrogens (primary N) is 1. The van der Waals surface area contributed by atoms with Crippen LogP contribution in [0.25, 0.3) is 0 Å². The van der Waals surface area contributed by atoms with Gasteiger partial charge in [-0.25, -0.2) is 0 Å². The monoisotopic (exact) mass is 240 g/mol. The number of hydrogen-bond acceptors (Lipinski definition) is 2. The highest BCUT2D eigenvalue weighted by Crippen LogP contribution is 2.19. The molecule has 0 aromatic heterocycles. The van der Waals surface area contributed by atoms with Gasteiger partial charge in [-0.1, -0.05) is 30.3 Å². The Kier molecular flexibility index (Phi) is 3.33. The lowest BCUT2D eigenvalue weighted by atomic mass is 10.1. The number of benzene rings is 2. The standard InChI is InChI=1S/C15H16N2O/c1-10-6-3-4-9-13(10)17-15(18)12-8-5-7-11(2)14(12)16/h3-9H,16H2,1-2H3,(H,17,18). The number of anilines is 2. The van der Waals surface area contributed by atoms with Crippen molar-refractivity contribution in [1.82, 2.24) is 0 Å². The lowest BCUT2D eigenvalue weighted by Gasteiger charge is -2.10. The van der Waals surface area contributed by atoms with Gasteiger partial charge in [-0.2, -0.15) is 0 Å². The Morgan fingerprint density at radius 3 is 2.39 bits per heavy atom. The highest BCUT2D eigenvalue weighted by molar-refractivity contribution is 6.08. The Morgan fingerprint density at radius 2 is 1.67 bits per heavy atom. The second-order valence-corrected chi connectivity index (χ2v) is 4.31. The highest BCUT2D eigenvalue weighted by atomic mass is 16.1. The smallest absolute Gasteiger partial charge is 0.257 e. The molecule has 0 heterocycles. The van der Waals surface area contributed by atoms with Gasteiger partial charge in [-0.05, 0) is 37.1 Å². The quantitative estimate of drug-likeness (QED) is 0.792. The molecule has 0 fully saturated rings. The molecule has 0 unspecified atom stereocenters. The third kappa shape index (κ3) is 2.35. The summed E-state index contributed by atoms with van der Waals surface area (Å²) < 4.78 is 0. The summed E-state index contributed by atoms with van der Waals surface area (Å²) in [4.78, 5) is 12.1. The van der Waals surface area contributed by atoms with Gasteiger partial charge in [0.15, 0.2) is 0 Å². The Bertz CT molecular complexity index is 591. The second-order valence-electron chi connectivity index (χ2n) is 4.31. The topological polar surface area (TPSA) is 55.1 Å². The third-order valence-electron chi connectivity index (χ3n) is 2.96. The van der Waals surface area contributed by atoms with E-state index in [0.717, 1.165) is 16.8 Å². The number of nitrogens with one attached hydrogen (secondary N) is 1. The van der Waals surface area contributed by atoms with E-state index in [-0.39, 0.29) is 5.91 Å². The summed E-state index contributed by atoms with van der Waals surface area (Å²) in [5.74, 6) is -0.175. The van der Waals surface area contributed by atoms with E-state index in [1.165, 1.54) is 0 Å². The van der Waals surface area contributed by atoms with Gasteiger partial charge >= 0.3 is 0 Å². The molecule has 0 saturated carbocycles. The van der Waals surface area contributed by atoms with Crippen LogP contribution >= 0.6 is 0 Å². The molecule has 3 N–H and O–H groups in total. The molecule has 18 heavy (non-hydrogen) atoms. The number of hydrogen-bond donors (Lipinski definition) is 2. The van der Waals surface area contributed by atoms with Crippen molar-refractivity contribution in [3.63, 3.8) is 0 Å². The molecule has 0 bridgehead atoms. The number of carbonyl (C=O) groups excluding carboxylic acids is 1. The predicted molar refractivity (Wildman–Crippen MR) is 74.7 cm³/mol. The van der Waals surface area contributed by atoms with Crippen molar-refractivity contribution in [2.75, 3.05) is 11.1 Å². The molecule has 0 aliphatic rings. The normalized spacial score (nSPS) is 10.1. The first-order chi connectivity index (χ1) is 8.59. The molecule has 92 valence electrons. The first kappa shape index (κ1) is 12.2. The zero-order valence-corrected chi connectivity index (χ0v) is 10.5. The number of nitrogen functional groups attached to an aromatic ring is 1. The molecule has 2 rings (SSSR count). The van der Waals surface area contributed by atoms with Crippen molar-refractivity contribution in [1.29, 1.82) is 0 Å². The van der Waals surface area contributed by atoms with Crippen LogP contribution in [0.5, 0.6) is 0 Å². The lowest BCUT2D eigenvalue weighted by molar-refractivity contribution is 0.102. The fourth-order valence-electron chi connectivity index (χ4n) is 1.78. The lowest BCUT2D eigenvalue weighted by Crippen LogP contribution is -2.15. The van der Waals surface area contributed by atoms with Crippen LogP contribution in [0.15, 0.2) is 42.5 Å². The van der Waals surface area contributed by atoms with E-state index in [2.05, 4.69) is 5.32 Å². The van der Waals surface area contributed by atoms with Gasteiger partial charge < -0.3 is 11.1 Å². The molecule has 0 saturated heterocycles. The molecule has 1 amide bonds. The van der Waals surface area contributed by atoms with E-state index in [9.17, 15) is 4.79 Å². The summed E-state index contributed by atoms with van der Waals surface area (Å²) in [5, 5.41) is 2.88. The van der Waals surface area contributed by atoms with Crippen LogP contribution in [-0.4, -0.2) is 5.91 Å². The first-order valence-electron chi connectivity index (χ1n) is 5.81. The number of amides is 1. The van der Waals surface area contributed by atoms with Gasteiger partial charge in [0.25, 0.3) is 5.91 Å². The molecule has 0 aliphatic heterocycles. The molecule has 0 spiro atoms. The molecular weight excluding hydrogens is 224 g/mol. The third-order valence-corrected chi connectivity index (χ3v) is 2.96. The first-order valence-corrected chi connectivity index (χ1v) is 5.81. The maximum atomic E-state index is 12.1. The summed E-state index contributed by atoms with van der Waals surface area (Å²) in [6.07, 6.45) is 0. The summed E-state index contributed by atoms with van der Waals surface area (Å²) in [6.45, 7) is 3.84. The SMILES string of the molecule is Cc1ccccc1NC(=O)c1cccc(C)c1N. The molecular formula is C15H16N2O. The Balaban J connectivity index is 2.28. The summed E-state index contributed by atoms with van der Waals surface area (Å²) in [5.41, 5.74) is 9.70. The van der Waals surface area contributed by atoms with E-state index >= 15 is 0 Å². The summed E-state index contributed by atoms with van der Waals surface area (Å²) in [7, 11) is 0. The van der Waals surface area contributed by atoms with Gasteiger partial charge in [-0.3, -0.25) is 4.79 Å². The van der Waals surface area contributed by atoms with Gasteiger partial charge in [0, 0.05) is 11.4 Å². The average molecular weight is 240 g/mol. The molecule has 0 aliphatic carbocycles. The molecule has 2 aromatic carbocycles. The van der Waals surface area contributed by atoms with Crippen LogP contribution in [0.4, 0.5) is 11.4 Å². The van der Waals surface area contributed by atoms with Crippen LogP contribution in [0.3, 0.4) is 0 Å². The number of carbonyl (C=O) groups is 1. The van der Waals surface area contributed by atoms with E-state index in [1.807, 2.05) is 50.2 Å². The van der Waals surface area contributed by atoms with Crippen LogP contribution in [0.2, 0.25) is 0 Å². The maximum absolute atomic E-state index is 12.1.